The monoisotopic (exact) mass is 311 g/mol. The van der Waals surface area contributed by atoms with Crippen LogP contribution in [-0.2, 0) is 17.8 Å². The van der Waals surface area contributed by atoms with Crippen molar-refractivity contribution in [3.8, 4) is 5.75 Å². The fraction of sp³-hybridized carbons (Fsp3) is 0.167. The summed E-state index contributed by atoms with van der Waals surface area (Å²) >= 11 is 1.67. The molecule has 0 radical (unpaired) electrons. The maximum Gasteiger partial charge on any atom is 0.217 e. The minimum Gasteiger partial charge on any atom is -0.489 e. The van der Waals surface area contributed by atoms with Gasteiger partial charge in [0.05, 0.1) is 0 Å². The number of amides is 1. The van der Waals surface area contributed by atoms with Crippen LogP contribution in [-0.4, -0.2) is 5.91 Å². The summed E-state index contributed by atoms with van der Waals surface area (Å²) in [6.45, 7) is 0.562. The lowest BCUT2D eigenvalue weighted by Crippen LogP contribution is -2.10. The minimum atomic E-state index is -0.262. The molecule has 0 bridgehead atoms. The van der Waals surface area contributed by atoms with Gasteiger partial charge in [-0.3, -0.25) is 4.79 Å². The first-order chi connectivity index (χ1) is 10.7. The Morgan fingerprint density at radius 3 is 2.73 bits per heavy atom. The Kier molecular flexibility index (Phi) is 4.39. The van der Waals surface area contributed by atoms with E-state index in [4.69, 9.17) is 10.5 Å². The Labute approximate surface area is 133 Å². The standard InChI is InChI=1S/C18H17NO2S/c19-18(20)9-6-14-12-22-17-10-15(7-8-16(14)17)21-11-13-4-2-1-3-5-13/h1-5,7-8,10,12H,6,9,11H2,(H2,19,20). The van der Waals surface area contributed by atoms with Crippen LogP contribution in [0.2, 0.25) is 0 Å². The van der Waals surface area contributed by atoms with Gasteiger partial charge in [0.2, 0.25) is 5.91 Å². The third kappa shape index (κ3) is 3.46. The number of carbonyl (C=O) groups excluding carboxylic acids is 1. The number of primary amides is 1. The molecule has 0 aliphatic carbocycles. The van der Waals surface area contributed by atoms with Gasteiger partial charge in [-0.05, 0) is 46.5 Å². The van der Waals surface area contributed by atoms with E-state index >= 15 is 0 Å². The van der Waals surface area contributed by atoms with E-state index in [0.29, 0.717) is 19.4 Å². The van der Waals surface area contributed by atoms with Gasteiger partial charge in [-0.2, -0.15) is 0 Å². The average Bonchev–Trinajstić information content (AvgIpc) is 2.94. The van der Waals surface area contributed by atoms with Crippen molar-refractivity contribution in [1.82, 2.24) is 0 Å². The Morgan fingerprint density at radius 1 is 1.14 bits per heavy atom. The van der Waals surface area contributed by atoms with Crippen LogP contribution >= 0.6 is 11.3 Å². The molecular formula is C18H17NO2S. The first-order valence-corrected chi connectivity index (χ1v) is 8.05. The van der Waals surface area contributed by atoms with Crippen LogP contribution in [0, 0.1) is 0 Å². The van der Waals surface area contributed by atoms with E-state index < -0.39 is 0 Å². The Balaban J connectivity index is 1.72. The molecule has 0 saturated carbocycles. The molecule has 3 nitrogen and oxygen atoms in total. The first kappa shape index (κ1) is 14.6. The largest absolute Gasteiger partial charge is 0.489 e. The predicted octanol–water partition coefficient (Wildman–Crippen LogP) is 3.90. The zero-order chi connectivity index (χ0) is 15.4. The summed E-state index contributed by atoms with van der Waals surface area (Å²) in [5.41, 5.74) is 7.54. The second-order valence-electron chi connectivity index (χ2n) is 5.16. The number of thiophene rings is 1. The fourth-order valence-electron chi connectivity index (χ4n) is 2.35. The molecule has 0 aliphatic heterocycles. The van der Waals surface area contributed by atoms with Crippen LogP contribution in [0.4, 0.5) is 0 Å². The third-order valence-electron chi connectivity index (χ3n) is 3.52. The molecule has 4 heteroatoms. The molecule has 0 unspecified atom stereocenters. The summed E-state index contributed by atoms with van der Waals surface area (Å²) in [5.74, 6) is 0.599. The van der Waals surface area contributed by atoms with Crippen molar-refractivity contribution in [2.45, 2.75) is 19.4 Å². The molecule has 1 heterocycles. The normalized spacial score (nSPS) is 10.7. The molecule has 3 rings (SSSR count). The number of fused-ring (bicyclic) bond motifs is 1. The second kappa shape index (κ2) is 6.62. The number of hydrogen-bond acceptors (Lipinski definition) is 3. The van der Waals surface area contributed by atoms with Gasteiger partial charge in [0.25, 0.3) is 0 Å². The van der Waals surface area contributed by atoms with Gasteiger partial charge in [0.15, 0.2) is 0 Å². The Morgan fingerprint density at radius 2 is 1.95 bits per heavy atom. The van der Waals surface area contributed by atoms with Crippen LogP contribution < -0.4 is 10.5 Å². The molecule has 22 heavy (non-hydrogen) atoms. The average molecular weight is 311 g/mol. The number of aryl methyl sites for hydroxylation is 1. The van der Waals surface area contributed by atoms with Gasteiger partial charge in [-0.1, -0.05) is 30.3 Å². The molecular weight excluding hydrogens is 294 g/mol. The molecule has 112 valence electrons. The van der Waals surface area contributed by atoms with Crippen molar-refractivity contribution in [2.24, 2.45) is 5.73 Å². The highest BCUT2D eigenvalue weighted by atomic mass is 32.1. The Bertz CT molecular complexity index is 780. The lowest BCUT2D eigenvalue weighted by Gasteiger charge is -2.06. The Hall–Kier alpha value is -2.33. The molecule has 1 amide bonds. The first-order valence-electron chi connectivity index (χ1n) is 7.17. The van der Waals surface area contributed by atoms with Gasteiger partial charge < -0.3 is 10.5 Å². The molecule has 0 saturated heterocycles. The van der Waals surface area contributed by atoms with Crippen molar-refractivity contribution in [2.75, 3.05) is 0 Å². The smallest absolute Gasteiger partial charge is 0.217 e. The van der Waals surface area contributed by atoms with Gasteiger partial charge in [-0.25, -0.2) is 0 Å². The van der Waals surface area contributed by atoms with Crippen LogP contribution in [0.15, 0.2) is 53.9 Å². The van der Waals surface area contributed by atoms with Crippen molar-refractivity contribution >= 4 is 27.3 Å². The number of carbonyl (C=O) groups is 1. The topological polar surface area (TPSA) is 52.3 Å². The molecule has 0 atom stereocenters. The highest BCUT2D eigenvalue weighted by molar-refractivity contribution is 7.17. The summed E-state index contributed by atoms with van der Waals surface area (Å²) in [5, 5.41) is 3.27. The molecule has 1 aromatic heterocycles. The van der Waals surface area contributed by atoms with Crippen molar-refractivity contribution < 1.29 is 9.53 Å². The molecule has 2 N–H and O–H groups in total. The summed E-state index contributed by atoms with van der Waals surface area (Å²) in [6.07, 6.45) is 1.08. The van der Waals surface area contributed by atoms with E-state index in [9.17, 15) is 4.79 Å². The minimum absolute atomic E-state index is 0.262. The SMILES string of the molecule is NC(=O)CCc1csc2cc(OCc3ccccc3)ccc12. The van der Waals surface area contributed by atoms with Crippen molar-refractivity contribution in [1.29, 1.82) is 0 Å². The summed E-state index contributed by atoms with van der Waals surface area (Å²) in [6, 6.07) is 16.2. The van der Waals surface area contributed by atoms with Crippen LogP contribution in [0.5, 0.6) is 5.75 Å². The molecule has 0 aliphatic rings. The van der Waals surface area contributed by atoms with Gasteiger partial charge in [-0.15, -0.1) is 11.3 Å². The van der Waals surface area contributed by atoms with Gasteiger partial charge >= 0.3 is 0 Å². The highest BCUT2D eigenvalue weighted by Crippen LogP contribution is 2.30. The number of benzene rings is 2. The lowest BCUT2D eigenvalue weighted by molar-refractivity contribution is -0.117. The zero-order valence-corrected chi connectivity index (χ0v) is 12.9. The highest BCUT2D eigenvalue weighted by Gasteiger charge is 2.07. The summed E-state index contributed by atoms with van der Waals surface area (Å²) in [4.78, 5) is 10.9. The van der Waals surface area contributed by atoms with E-state index in [2.05, 4.69) is 17.5 Å². The number of nitrogens with two attached hydrogens (primary N) is 1. The molecule has 2 aromatic carbocycles. The van der Waals surface area contributed by atoms with Gasteiger partial charge in [0, 0.05) is 11.1 Å². The summed E-state index contributed by atoms with van der Waals surface area (Å²) in [7, 11) is 0. The lowest BCUT2D eigenvalue weighted by atomic mass is 10.1. The predicted molar refractivity (Wildman–Crippen MR) is 90.1 cm³/mol. The van der Waals surface area contributed by atoms with E-state index in [1.165, 1.54) is 15.6 Å². The third-order valence-corrected chi connectivity index (χ3v) is 4.51. The van der Waals surface area contributed by atoms with Crippen LogP contribution in [0.1, 0.15) is 17.5 Å². The fourth-order valence-corrected chi connectivity index (χ4v) is 3.37. The van der Waals surface area contributed by atoms with Crippen molar-refractivity contribution in [3.63, 3.8) is 0 Å². The maximum absolute atomic E-state index is 10.9. The van der Waals surface area contributed by atoms with E-state index in [0.717, 1.165) is 11.3 Å². The number of hydrogen-bond donors (Lipinski definition) is 1. The maximum atomic E-state index is 10.9. The number of rotatable bonds is 6. The van der Waals surface area contributed by atoms with E-state index in [-0.39, 0.29) is 5.91 Å². The quantitative estimate of drug-likeness (QED) is 0.750. The molecule has 3 aromatic rings. The van der Waals surface area contributed by atoms with Gasteiger partial charge in [0.1, 0.15) is 12.4 Å². The van der Waals surface area contributed by atoms with Crippen LogP contribution in [0.25, 0.3) is 10.1 Å². The second-order valence-corrected chi connectivity index (χ2v) is 6.07. The van der Waals surface area contributed by atoms with E-state index in [1.807, 2.05) is 36.4 Å². The van der Waals surface area contributed by atoms with Crippen molar-refractivity contribution in [3.05, 3.63) is 65.0 Å². The van der Waals surface area contributed by atoms with Crippen LogP contribution in [0.3, 0.4) is 0 Å². The van der Waals surface area contributed by atoms with E-state index in [1.54, 1.807) is 11.3 Å². The number of ether oxygens (including phenoxy) is 1. The summed E-state index contributed by atoms with van der Waals surface area (Å²) < 4.78 is 7.01. The zero-order valence-electron chi connectivity index (χ0n) is 12.1. The molecule has 0 spiro atoms. The molecule has 0 fully saturated rings.